The van der Waals surface area contributed by atoms with Crippen LogP contribution in [0.4, 0.5) is 0 Å². The van der Waals surface area contributed by atoms with Crippen molar-refractivity contribution in [2.24, 2.45) is 23.5 Å². The average Bonchev–Trinajstić information content (AvgIpc) is 3.12. The minimum Gasteiger partial charge on any atom is -0.369 e. The summed E-state index contributed by atoms with van der Waals surface area (Å²) in [4.78, 5) is 41.6. The van der Waals surface area contributed by atoms with Crippen molar-refractivity contribution in [3.05, 3.63) is 72.3 Å². The Morgan fingerprint density at radius 3 is 2.41 bits per heavy atom. The van der Waals surface area contributed by atoms with E-state index in [-0.39, 0.29) is 11.8 Å². The molecular formula is C35H43N3O3. The van der Waals surface area contributed by atoms with Gasteiger partial charge in [0.15, 0.2) is 0 Å². The van der Waals surface area contributed by atoms with Crippen LogP contribution in [0.5, 0.6) is 0 Å². The van der Waals surface area contributed by atoms with E-state index in [9.17, 15) is 14.4 Å². The highest BCUT2D eigenvalue weighted by molar-refractivity contribution is 5.91. The van der Waals surface area contributed by atoms with Crippen molar-refractivity contribution in [2.45, 2.75) is 77.3 Å². The zero-order valence-electron chi connectivity index (χ0n) is 24.2. The molecule has 6 heteroatoms. The molecule has 41 heavy (non-hydrogen) atoms. The van der Waals surface area contributed by atoms with Gasteiger partial charge in [-0.15, -0.1) is 0 Å². The Morgan fingerprint density at radius 1 is 0.902 bits per heavy atom. The Balaban J connectivity index is 1.30. The van der Waals surface area contributed by atoms with Crippen LogP contribution in [0.15, 0.2) is 66.7 Å². The van der Waals surface area contributed by atoms with Crippen LogP contribution in [0.25, 0.3) is 21.9 Å². The monoisotopic (exact) mass is 553 g/mol. The number of primary amides is 1. The Morgan fingerprint density at radius 2 is 1.68 bits per heavy atom. The zero-order chi connectivity index (χ0) is 28.8. The third-order valence-corrected chi connectivity index (χ3v) is 9.08. The van der Waals surface area contributed by atoms with Gasteiger partial charge >= 0.3 is 0 Å². The largest absolute Gasteiger partial charge is 0.369 e. The first-order valence-corrected chi connectivity index (χ1v) is 15.4. The van der Waals surface area contributed by atoms with Crippen molar-refractivity contribution in [1.29, 1.82) is 0 Å². The van der Waals surface area contributed by atoms with E-state index in [4.69, 9.17) is 5.73 Å². The fraction of sp³-hybridized carbons (Fsp3) is 0.457. The van der Waals surface area contributed by atoms with E-state index in [2.05, 4.69) is 59.9 Å². The van der Waals surface area contributed by atoms with Gasteiger partial charge in [0.2, 0.25) is 17.7 Å². The number of carbonyl (C=O) groups excluding carboxylic acids is 3. The number of fused-ring (bicyclic) bond motifs is 1. The van der Waals surface area contributed by atoms with E-state index >= 15 is 0 Å². The Hall–Kier alpha value is -3.67. The molecule has 5 rings (SSSR count). The smallest absolute Gasteiger partial charge is 0.245 e. The van der Waals surface area contributed by atoms with Crippen molar-refractivity contribution in [2.75, 3.05) is 6.54 Å². The number of nitrogens with zero attached hydrogens (tertiary/aromatic N) is 1. The zero-order valence-corrected chi connectivity index (χ0v) is 24.2. The van der Waals surface area contributed by atoms with E-state index in [1.807, 2.05) is 24.0 Å². The fourth-order valence-electron chi connectivity index (χ4n) is 6.51. The maximum atomic E-state index is 13.7. The lowest BCUT2D eigenvalue weighted by Crippen LogP contribution is -2.51. The quantitative estimate of drug-likeness (QED) is 0.296. The molecule has 3 aromatic rings. The van der Waals surface area contributed by atoms with Gasteiger partial charge in [0.05, 0.1) is 0 Å². The van der Waals surface area contributed by atoms with Crippen LogP contribution in [0.2, 0.25) is 0 Å². The summed E-state index contributed by atoms with van der Waals surface area (Å²) in [6.45, 7) is 3.17. The average molecular weight is 554 g/mol. The summed E-state index contributed by atoms with van der Waals surface area (Å²) in [5.41, 5.74) is 9.11. The molecule has 0 aromatic heterocycles. The summed E-state index contributed by atoms with van der Waals surface area (Å²) in [7, 11) is 0. The molecule has 0 bridgehead atoms. The number of nitrogens with two attached hydrogens (primary N) is 1. The first kappa shape index (κ1) is 28.8. The summed E-state index contributed by atoms with van der Waals surface area (Å²) < 4.78 is 0. The molecule has 3 amide bonds. The van der Waals surface area contributed by atoms with Gasteiger partial charge in [0, 0.05) is 24.9 Å². The van der Waals surface area contributed by atoms with Gasteiger partial charge in [-0.05, 0) is 77.6 Å². The molecule has 0 radical (unpaired) electrons. The molecule has 1 aliphatic heterocycles. The highest BCUT2D eigenvalue weighted by Crippen LogP contribution is 2.36. The van der Waals surface area contributed by atoms with E-state index in [0.29, 0.717) is 38.3 Å². The van der Waals surface area contributed by atoms with Crippen LogP contribution in [-0.4, -0.2) is 35.2 Å². The van der Waals surface area contributed by atoms with Crippen LogP contribution in [0.3, 0.4) is 0 Å². The third-order valence-electron chi connectivity index (χ3n) is 9.08. The van der Waals surface area contributed by atoms with E-state index < -0.39 is 23.8 Å². The number of carbonyl (C=O) groups is 3. The van der Waals surface area contributed by atoms with Gasteiger partial charge in [0.1, 0.15) is 6.04 Å². The predicted octanol–water partition coefficient (Wildman–Crippen LogP) is 6.21. The van der Waals surface area contributed by atoms with Gasteiger partial charge in [-0.1, -0.05) is 87.2 Å². The van der Waals surface area contributed by atoms with Crippen molar-refractivity contribution < 1.29 is 14.4 Å². The number of amides is 3. The molecule has 1 saturated heterocycles. The second kappa shape index (κ2) is 13.3. The van der Waals surface area contributed by atoms with Crippen LogP contribution in [0, 0.1) is 17.8 Å². The highest BCUT2D eigenvalue weighted by Gasteiger charge is 2.37. The Kier molecular flexibility index (Phi) is 9.38. The van der Waals surface area contributed by atoms with E-state index in [0.717, 1.165) is 48.8 Å². The minimum atomic E-state index is -0.576. The van der Waals surface area contributed by atoms with Gasteiger partial charge < -0.3 is 16.0 Å². The molecule has 1 saturated carbocycles. The second-order valence-corrected chi connectivity index (χ2v) is 12.0. The second-order valence-electron chi connectivity index (χ2n) is 12.0. The molecule has 2 aliphatic rings. The van der Waals surface area contributed by atoms with Crippen molar-refractivity contribution >= 4 is 28.5 Å². The summed E-state index contributed by atoms with van der Waals surface area (Å²) in [6, 6.07) is 22.6. The molecule has 1 aliphatic carbocycles. The topological polar surface area (TPSA) is 92.5 Å². The third kappa shape index (κ3) is 6.98. The van der Waals surface area contributed by atoms with Crippen LogP contribution in [-0.2, 0) is 20.9 Å². The first-order valence-electron chi connectivity index (χ1n) is 15.4. The molecule has 3 N–H and O–H groups in total. The summed E-state index contributed by atoms with van der Waals surface area (Å²) in [5.74, 6) is -1.14. The van der Waals surface area contributed by atoms with Gasteiger partial charge in [-0.2, -0.15) is 0 Å². The Bertz CT molecular complexity index is 1380. The summed E-state index contributed by atoms with van der Waals surface area (Å²) in [5, 5.41) is 5.50. The van der Waals surface area contributed by atoms with Crippen molar-refractivity contribution in [3.8, 4) is 11.1 Å². The molecule has 0 spiro atoms. The molecular weight excluding hydrogens is 510 g/mol. The number of likely N-dealkylation sites (tertiary alicyclic amines) is 1. The first-order chi connectivity index (χ1) is 19.9. The number of nitrogens with one attached hydrogen (secondary N) is 1. The molecule has 2 fully saturated rings. The number of benzene rings is 3. The molecule has 0 unspecified atom stereocenters. The number of hydrogen-bond donors (Lipinski definition) is 2. The molecule has 3 aromatic carbocycles. The van der Waals surface area contributed by atoms with E-state index in [1.54, 1.807) is 0 Å². The highest BCUT2D eigenvalue weighted by atomic mass is 16.2. The summed E-state index contributed by atoms with van der Waals surface area (Å²) >= 11 is 0. The number of hydrogen-bond acceptors (Lipinski definition) is 3. The molecule has 216 valence electrons. The molecule has 3 atom stereocenters. The molecule has 6 nitrogen and oxygen atoms in total. The van der Waals surface area contributed by atoms with Crippen molar-refractivity contribution in [3.63, 3.8) is 0 Å². The van der Waals surface area contributed by atoms with Gasteiger partial charge in [-0.3, -0.25) is 14.4 Å². The predicted molar refractivity (Wildman–Crippen MR) is 164 cm³/mol. The molecule has 1 heterocycles. The van der Waals surface area contributed by atoms with Crippen molar-refractivity contribution in [1.82, 2.24) is 10.2 Å². The van der Waals surface area contributed by atoms with Gasteiger partial charge in [-0.25, -0.2) is 0 Å². The van der Waals surface area contributed by atoms with E-state index in [1.165, 1.54) is 17.2 Å². The minimum absolute atomic E-state index is 0.0412. The van der Waals surface area contributed by atoms with Crippen LogP contribution in [0.1, 0.15) is 70.3 Å². The lowest BCUT2D eigenvalue weighted by molar-refractivity contribution is -0.139. The Labute approximate surface area is 243 Å². The summed E-state index contributed by atoms with van der Waals surface area (Å²) in [6.07, 6.45) is 7.79. The number of rotatable bonds is 11. The van der Waals surface area contributed by atoms with Crippen LogP contribution >= 0.6 is 0 Å². The standard InChI is InChI=1S/C35H43N3O3/c1-2-9-30(33(36)39)31(21-24-10-7-11-24)34(40)37-32-16-5-6-19-38(35(32)41)23-25-12-8-15-27(20-25)29-18-17-26-13-3-4-14-28(26)22-29/h3-4,8,12-15,17-18,20,22,24,30-32H,2,5-7,9-11,16,19,21,23H2,1H3,(H2,36,39)(H,37,40)/t30-,31+,32-/m0/s1. The lowest BCUT2D eigenvalue weighted by atomic mass is 9.74. The normalized spacial score (nSPS) is 19.3. The van der Waals surface area contributed by atoms with Gasteiger partial charge in [0.25, 0.3) is 0 Å². The maximum Gasteiger partial charge on any atom is 0.245 e. The fourth-order valence-corrected chi connectivity index (χ4v) is 6.51. The lowest BCUT2D eigenvalue weighted by Gasteiger charge is -2.33. The SMILES string of the molecule is CCC[C@H](C(N)=O)[C@@H](CC1CCC1)C(=O)N[C@H]1CCCCN(Cc2cccc(-c3ccc4ccccc4c3)c2)C1=O. The van der Waals surface area contributed by atoms with Crippen LogP contribution < -0.4 is 11.1 Å². The maximum absolute atomic E-state index is 13.7.